The molecule has 0 saturated carbocycles. The summed E-state index contributed by atoms with van der Waals surface area (Å²) in [6.07, 6.45) is 1.85. The predicted octanol–water partition coefficient (Wildman–Crippen LogP) is 37.4. The Morgan fingerprint density at radius 2 is 0.327 bits per heavy atom. The van der Waals surface area contributed by atoms with Crippen molar-refractivity contribution in [3.05, 3.63) is 558 Å². The Labute approximate surface area is 866 Å². The third kappa shape index (κ3) is 14.9. The highest BCUT2D eigenvalue weighted by Gasteiger charge is 2.26. The van der Waals surface area contributed by atoms with Gasteiger partial charge in [0.2, 0.25) is 0 Å². The predicted molar refractivity (Wildman–Crippen MR) is 629 cm³/mol. The zero-order valence-corrected chi connectivity index (χ0v) is 81.7. The number of para-hydroxylation sites is 3. The molecule has 0 aliphatic rings. The van der Waals surface area contributed by atoms with E-state index in [1.54, 1.807) is 0 Å². The van der Waals surface area contributed by atoms with Gasteiger partial charge in [-0.1, -0.05) is 340 Å². The molecule has 8 heteroatoms. The smallest absolute Gasteiger partial charge is 0.138 e. The first-order chi connectivity index (χ1) is 74.4. The van der Waals surface area contributed by atoms with Gasteiger partial charge in [-0.15, -0.1) is 0 Å². The molecule has 0 spiro atoms. The molecule has 22 aromatic carbocycles. The molecule has 8 nitrogen and oxygen atoms in total. The SMILES string of the molecule is c1ccc(-c2cc(-c3ccccc3)nc(-n3c4ccc(-c5ccccc5)cc4c4cc(-c5ccc6c(c5)c5cc(-c7ccccc7)ccc5n6-c5ccc6c(c5)c5cc(-c7ccccc7)ccc5n6-c5ccccc5)ccc43)c2)cc1.c1ccc(-c2ccc3c(c2)c2cc(-c4ccc5c(c4)c4cc(-c6ccccc6)ccc4n5-c4ccc5c(c4)c4ccccc4n5-c4ccccc4)ccc2n3-c2ccc(-c3ccccn3)cc2)cc1. The summed E-state index contributed by atoms with van der Waals surface area (Å²) in [6, 6.07) is 201. The largest absolute Gasteiger partial charge is 0.309 e. The fraction of sp³-hybridized carbons (Fsp3) is 0. The van der Waals surface area contributed by atoms with Crippen molar-refractivity contribution in [3.63, 3.8) is 0 Å². The lowest BCUT2D eigenvalue weighted by molar-refractivity contribution is 1.08. The van der Waals surface area contributed by atoms with Crippen LogP contribution >= 0.6 is 0 Å². The van der Waals surface area contributed by atoms with Crippen LogP contribution in [0.1, 0.15) is 0 Å². The second-order valence-corrected chi connectivity index (χ2v) is 39.1. The molecule has 30 aromatic rings. The maximum Gasteiger partial charge on any atom is 0.138 e. The highest BCUT2D eigenvalue weighted by Crippen LogP contribution is 2.48. The normalized spacial score (nSPS) is 11.7. The van der Waals surface area contributed by atoms with Gasteiger partial charge >= 0.3 is 0 Å². The lowest BCUT2D eigenvalue weighted by Crippen LogP contribution is -2.00. The molecule has 0 fully saturated rings. The molecule has 30 rings (SSSR count). The summed E-state index contributed by atoms with van der Waals surface area (Å²) in [6.45, 7) is 0. The Morgan fingerprint density at radius 3 is 0.640 bits per heavy atom. The van der Waals surface area contributed by atoms with E-state index < -0.39 is 0 Å². The monoisotopic (exact) mass is 1910 g/mol. The summed E-state index contributed by atoms with van der Waals surface area (Å²) in [5.74, 6) is 0.873. The van der Waals surface area contributed by atoms with Crippen LogP contribution in [0.15, 0.2) is 558 Å². The maximum absolute atomic E-state index is 5.47. The summed E-state index contributed by atoms with van der Waals surface area (Å²) in [5.41, 5.74) is 42.5. The quantitative estimate of drug-likeness (QED) is 0.0968. The first-order valence-corrected chi connectivity index (χ1v) is 51.4. The maximum atomic E-state index is 5.47. The molecule has 8 heterocycles. The fourth-order valence-corrected chi connectivity index (χ4v) is 23.4. The molecule has 150 heavy (non-hydrogen) atoms. The average molecular weight is 1910 g/mol. The van der Waals surface area contributed by atoms with Crippen LogP contribution in [-0.2, 0) is 0 Å². The van der Waals surface area contributed by atoms with E-state index >= 15 is 0 Å². The number of fused-ring (bicyclic) bond motifs is 18. The summed E-state index contributed by atoms with van der Waals surface area (Å²) < 4.78 is 14.5. The van der Waals surface area contributed by atoms with Crippen molar-refractivity contribution in [3.8, 4) is 146 Å². The third-order valence-corrected chi connectivity index (χ3v) is 30.5. The summed E-state index contributed by atoms with van der Waals surface area (Å²) in [4.78, 5) is 10.1. The Kier molecular flexibility index (Phi) is 20.8. The number of benzene rings is 22. The van der Waals surface area contributed by atoms with Crippen molar-refractivity contribution in [2.75, 3.05) is 0 Å². The molecule has 0 radical (unpaired) electrons. The number of nitrogens with zero attached hydrogens (tertiary/aromatic N) is 8. The number of hydrogen-bond acceptors (Lipinski definition) is 2. The average Bonchev–Trinajstić information content (AvgIpc) is 1.58. The lowest BCUT2D eigenvalue weighted by Gasteiger charge is -2.13. The molecule has 0 bridgehead atoms. The van der Waals surface area contributed by atoms with Gasteiger partial charge in [0.05, 0.1) is 77.6 Å². The van der Waals surface area contributed by atoms with Crippen LogP contribution in [0, 0.1) is 0 Å². The van der Waals surface area contributed by atoms with Crippen LogP contribution < -0.4 is 0 Å². The third-order valence-electron chi connectivity index (χ3n) is 30.5. The number of pyridine rings is 2. The summed E-state index contributed by atoms with van der Waals surface area (Å²) in [5, 5.41) is 14.5. The van der Waals surface area contributed by atoms with Crippen molar-refractivity contribution in [2.45, 2.75) is 0 Å². The second-order valence-electron chi connectivity index (χ2n) is 39.1. The van der Waals surface area contributed by atoms with Gasteiger partial charge in [0, 0.05) is 110 Å². The number of aromatic nitrogens is 8. The fourth-order valence-electron chi connectivity index (χ4n) is 23.4. The highest BCUT2D eigenvalue weighted by atomic mass is 15.1. The van der Waals surface area contributed by atoms with E-state index in [9.17, 15) is 0 Å². The second kappa shape index (κ2) is 36.1. The molecule has 8 aromatic heterocycles. The Balaban J connectivity index is 0.000000143. The molecular weight excluding hydrogens is 1820 g/mol. The molecule has 0 saturated heterocycles. The standard InChI is InChI=1S/C77H50N4.C65H42N4/c1-7-19-51(20-8-1)56-32-38-72-64(43-56)65-46-59(34-39-73(65)80(72)63-36-42-74-69(50-63)68-45-57(52-21-9-2-10-22-52)31-37-71(68)79(74)62-29-17-6-18-30-62)60-35-41-76-67(47-60)66-44-58(53-23-11-3-12-24-53)33-40-75(66)81(76)77-49-61(54-25-13-4-14-26-54)48-70(78-77)55-27-15-5-16-28-55;1-4-14-43(15-5-1)46-25-32-61-54(38-46)56-40-48(27-34-62(56)68(61)51-29-23-45(24-30-51)59-21-12-13-37-66-59)49-28-35-64-57(41-49)55-39-47(44-16-6-2-7-17-44)26-33-63(55)69(64)52-31-36-65-58(42-52)53-20-10-11-22-60(53)67(65)50-18-8-3-9-19-50/h1-50H;1-42H. The molecule has 0 N–H and O–H groups in total. The van der Waals surface area contributed by atoms with E-state index in [0.29, 0.717) is 0 Å². The van der Waals surface area contributed by atoms with Gasteiger partial charge < -0.3 is 22.8 Å². The molecule has 0 amide bonds. The van der Waals surface area contributed by atoms with Crippen LogP contribution in [-0.4, -0.2) is 37.4 Å². The van der Waals surface area contributed by atoms with Crippen molar-refractivity contribution >= 4 is 131 Å². The van der Waals surface area contributed by atoms with Gasteiger partial charge in [-0.3, -0.25) is 9.55 Å². The van der Waals surface area contributed by atoms with Crippen LogP contribution in [0.25, 0.3) is 277 Å². The molecule has 0 atom stereocenters. The molecule has 0 unspecified atom stereocenters. The van der Waals surface area contributed by atoms with E-state index in [1.165, 1.54) is 176 Å². The van der Waals surface area contributed by atoms with Gasteiger partial charge in [-0.2, -0.15) is 0 Å². The Hall–Kier alpha value is -20.1. The van der Waals surface area contributed by atoms with Crippen LogP contribution in [0.2, 0.25) is 0 Å². The van der Waals surface area contributed by atoms with Gasteiger partial charge in [-0.25, -0.2) is 4.98 Å². The minimum absolute atomic E-state index is 0.873. The lowest BCUT2D eigenvalue weighted by atomic mass is 9.98. The molecule has 700 valence electrons. The van der Waals surface area contributed by atoms with E-state index in [4.69, 9.17) is 4.98 Å². The first-order valence-electron chi connectivity index (χ1n) is 51.4. The Morgan fingerprint density at radius 1 is 0.113 bits per heavy atom. The van der Waals surface area contributed by atoms with Crippen LogP contribution in [0.5, 0.6) is 0 Å². The van der Waals surface area contributed by atoms with Gasteiger partial charge in [-0.05, 0) is 301 Å². The molecule has 0 aliphatic heterocycles. The van der Waals surface area contributed by atoms with Crippen molar-refractivity contribution < 1.29 is 0 Å². The van der Waals surface area contributed by atoms with E-state index in [0.717, 1.165) is 101 Å². The van der Waals surface area contributed by atoms with Crippen molar-refractivity contribution in [1.29, 1.82) is 0 Å². The molecule has 0 aliphatic carbocycles. The van der Waals surface area contributed by atoms with Crippen molar-refractivity contribution in [1.82, 2.24) is 37.4 Å². The van der Waals surface area contributed by atoms with E-state index in [-0.39, 0.29) is 0 Å². The zero-order chi connectivity index (χ0) is 98.8. The van der Waals surface area contributed by atoms with E-state index in [2.05, 4.69) is 572 Å². The van der Waals surface area contributed by atoms with Gasteiger partial charge in [0.15, 0.2) is 0 Å². The van der Waals surface area contributed by atoms with Gasteiger partial charge in [0.1, 0.15) is 5.82 Å². The highest BCUT2D eigenvalue weighted by molar-refractivity contribution is 6.19. The van der Waals surface area contributed by atoms with Gasteiger partial charge in [0.25, 0.3) is 0 Å². The zero-order valence-electron chi connectivity index (χ0n) is 81.7. The first kappa shape index (κ1) is 86.6. The molecular formula is C142H92N8. The summed E-state index contributed by atoms with van der Waals surface area (Å²) in [7, 11) is 0. The van der Waals surface area contributed by atoms with Crippen LogP contribution in [0.3, 0.4) is 0 Å². The number of rotatable bonds is 16. The van der Waals surface area contributed by atoms with Crippen LogP contribution in [0.4, 0.5) is 0 Å². The van der Waals surface area contributed by atoms with Crippen molar-refractivity contribution in [2.24, 2.45) is 0 Å². The summed E-state index contributed by atoms with van der Waals surface area (Å²) >= 11 is 0. The topological polar surface area (TPSA) is 55.4 Å². The Bertz CT molecular complexity index is 10500. The number of hydrogen-bond donors (Lipinski definition) is 0. The van der Waals surface area contributed by atoms with E-state index in [1.807, 2.05) is 18.3 Å². The minimum atomic E-state index is 0.873. The minimum Gasteiger partial charge on any atom is -0.309 e.